The number of fused-ring (bicyclic) bond motifs is 1. The van der Waals surface area contributed by atoms with Crippen LogP contribution in [0.1, 0.15) is 37.7 Å². The van der Waals surface area contributed by atoms with E-state index in [1.54, 1.807) is 12.4 Å². The van der Waals surface area contributed by atoms with Gasteiger partial charge in [0.1, 0.15) is 5.75 Å². The molecule has 6 rings (SSSR count). The van der Waals surface area contributed by atoms with Crippen LogP contribution in [0.25, 0.3) is 22.0 Å². The number of aryl methyl sites for hydroxylation is 1. The van der Waals surface area contributed by atoms with E-state index < -0.39 is 0 Å². The third kappa shape index (κ3) is 5.93. The number of rotatable bonds is 7. The molecule has 4 aromatic rings. The van der Waals surface area contributed by atoms with E-state index in [9.17, 15) is 5.11 Å². The van der Waals surface area contributed by atoms with Crippen LogP contribution in [0.2, 0.25) is 0 Å². The highest BCUT2D eigenvalue weighted by Gasteiger charge is 2.25. The van der Waals surface area contributed by atoms with E-state index >= 15 is 0 Å². The van der Waals surface area contributed by atoms with Gasteiger partial charge in [-0.1, -0.05) is 24.3 Å². The van der Waals surface area contributed by atoms with Crippen molar-refractivity contribution in [3.8, 4) is 22.9 Å². The molecule has 0 radical (unpaired) electrons. The lowest BCUT2D eigenvalue weighted by atomic mass is 10.0. The Balaban J connectivity index is 0.00000308. The van der Waals surface area contributed by atoms with E-state index in [4.69, 9.17) is 9.72 Å². The molecule has 2 aromatic carbocycles. The van der Waals surface area contributed by atoms with Gasteiger partial charge in [-0.05, 0) is 75.4 Å². The molecular formula is C30H35ClN6O2. The van der Waals surface area contributed by atoms with E-state index in [0.717, 1.165) is 84.2 Å². The van der Waals surface area contributed by atoms with Gasteiger partial charge in [-0.2, -0.15) is 0 Å². The summed E-state index contributed by atoms with van der Waals surface area (Å²) in [6.45, 7) is 4.01. The lowest BCUT2D eigenvalue weighted by Gasteiger charge is -2.23. The highest BCUT2D eigenvalue weighted by atomic mass is 35.5. The first-order valence-electron chi connectivity index (χ1n) is 13.6. The Morgan fingerprint density at radius 2 is 1.85 bits per heavy atom. The second kappa shape index (κ2) is 12.2. The summed E-state index contributed by atoms with van der Waals surface area (Å²) < 4.78 is 6.56. The molecule has 1 aliphatic heterocycles. The summed E-state index contributed by atoms with van der Waals surface area (Å²) in [5.41, 5.74) is 3.58. The van der Waals surface area contributed by atoms with Crippen molar-refractivity contribution < 1.29 is 9.84 Å². The number of halogens is 1. The number of nitrogens with one attached hydrogen (secondary N) is 3. The zero-order chi connectivity index (χ0) is 25.9. The number of hydrogen-bond donors (Lipinski definition) is 4. The van der Waals surface area contributed by atoms with Crippen molar-refractivity contribution in [3.05, 3.63) is 66.5 Å². The normalized spacial score (nSPS) is 20.8. The summed E-state index contributed by atoms with van der Waals surface area (Å²) in [6, 6.07) is 16.5. The number of anilines is 2. The molecule has 1 saturated heterocycles. The van der Waals surface area contributed by atoms with Crippen LogP contribution in [0, 0.1) is 6.92 Å². The molecule has 3 heterocycles. The lowest BCUT2D eigenvalue weighted by Crippen LogP contribution is -2.38. The van der Waals surface area contributed by atoms with Gasteiger partial charge in [0.05, 0.1) is 23.4 Å². The predicted octanol–water partition coefficient (Wildman–Crippen LogP) is 5.70. The fourth-order valence-electron chi connectivity index (χ4n) is 5.51. The average Bonchev–Trinajstić information content (AvgIpc) is 3.35. The number of aliphatic hydroxyl groups excluding tert-OH is 1. The first-order chi connectivity index (χ1) is 18.7. The maximum absolute atomic E-state index is 10.4. The van der Waals surface area contributed by atoms with Crippen LogP contribution >= 0.6 is 12.4 Å². The molecule has 9 heteroatoms. The molecule has 0 amide bonds. The van der Waals surface area contributed by atoms with Crippen LogP contribution in [0.5, 0.6) is 11.6 Å². The molecule has 8 nitrogen and oxygen atoms in total. The zero-order valence-electron chi connectivity index (χ0n) is 22.1. The number of ether oxygens (including phenoxy) is 1. The average molecular weight is 547 g/mol. The topological polar surface area (TPSA) is 104 Å². The Morgan fingerprint density at radius 1 is 0.923 bits per heavy atom. The van der Waals surface area contributed by atoms with E-state index in [1.165, 1.54) is 0 Å². The Labute approximate surface area is 235 Å². The van der Waals surface area contributed by atoms with E-state index in [1.807, 2.05) is 31.2 Å². The first kappa shape index (κ1) is 27.1. The van der Waals surface area contributed by atoms with Crippen LogP contribution in [-0.2, 0) is 0 Å². The largest absolute Gasteiger partial charge is 0.437 e. The van der Waals surface area contributed by atoms with Gasteiger partial charge in [0, 0.05) is 41.4 Å². The van der Waals surface area contributed by atoms with Crippen molar-refractivity contribution in [3.63, 3.8) is 0 Å². The minimum absolute atomic E-state index is 0. The Hall–Kier alpha value is -3.46. The van der Waals surface area contributed by atoms with Gasteiger partial charge in [-0.15, -0.1) is 12.4 Å². The molecule has 1 unspecified atom stereocenters. The fourth-order valence-corrected chi connectivity index (χ4v) is 5.51. The van der Waals surface area contributed by atoms with Gasteiger partial charge >= 0.3 is 0 Å². The van der Waals surface area contributed by atoms with Crippen molar-refractivity contribution in [1.82, 2.24) is 20.3 Å². The number of aliphatic hydroxyl groups is 1. The smallest absolute Gasteiger partial charge is 0.228 e. The molecule has 3 atom stereocenters. The maximum Gasteiger partial charge on any atom is 0.228 e. The summed E-state index contributed by atoms with van der Waals surface area (Å²) in [4.78, 5) is 13.8. The number of pyridine rings is 1. The second-order valence-corrected chi connectivity index (χ2v) is 10.3. The molecule has 4 N–H and O–H groups in total. The first-order valence-corrected chi connectivity index (χ1v) is 13.6. The number of benzene rings is 2. The van der Waals surface area contributed by atoms with Crippen LogP contribution in [0.3, 0.4) is 0 Å². The fraction of sp³-hybridized carbons (Fsp3) is 0.367. The highest BCUT2D eigenvalue weighted by Crippen LogP contribution is 2.39. The molecule has 0 bridgehead atoms. The van der Waals surface area contributed by atoms with Gasteiger partial charge < -0.3 is 25.8 Å². The SMILES string of the molecule is Cc1ccc2c(N[C@@H]3CCC[C@H]3O)cccc2c1Oc1ncccc1-c1ccnc(NC2CCCNC2)n1.Cl. The van der Waals surface area contributed by atoms with Gasteiger partial charge in [-0.25, -0.2) is 15.0 Å². The van der Waals surface area contributed by atoms with Gasteiger partial charge in [0.25, 0.3) is 0 Å². The quantitative estimate of drug-likeness (QED) is 0.234. The molecule has 2 aromatic heterocycles. The van der Waals surface area contributed by atoms with Gasteiger partial charge in [-0.3, -0.25) is 0 Å². The summed E-state index contributed by atoms with van der Waals surface area (Å²) in [5, 5.41) is 22.9. The summed E-state index contributed by atoms with van der Waals surface area (Å²) in [6.07, 6.45) is 8.28. The van der Waals surface area contributed by atoms with Crippen LogP contribution in [0.15, 0.2) is 60.9 Å². The maximum atomic E-state index is 10.4. The molecule has 39 heavy (non-hydrogen) atoms. The molecule has 2 aliphatic rings. The highest BCUT2D eigenvalue weighted by molar-refractivity contribution is 5.98. The molecular weight excluding hydrogens is 512 g/mol. The van der Waals surface area contributed by atoms with Crippen molar-refractivity contribution >= 4 is 34.8 Å². The van der Waals surface area contributed by atoms with E-state index in [2.05, 4.69) is 50.2 Å². The van der Waals surface area contributed by atoms with E-state index in [0.29, 0.717) is 17.9 Å². The van der Waals surface area contributed by atoms with Crippen LogP contribution in [-0.4, -0.2) is 51.3 Å². The summed E-state index contributed by atoms with van der Waals surface area (Å²) in [7, 11) is 0. The van der Waals surface area contributed by atoms with Crippen molar-refractivity contribution in [2.75, 3.05) is 23.7 Å². The Bertz CT molecular complexity index is 1430. The van der Waals surface area contributed by atoms with Crippen molar-refractivity contribution in [1.29, 1.82) is 0 Å². The third-order valence-corrected chi connectivity index (χ3v) is 7.56. The zero-order valence-corrected chi connectivity index (χ0v) is 22.9. The second-order valence-electron chi connectivity index (χ2n) is 10.3. The number of nitrogens with zero attached hydrogens (tertiary/aromatic N) is 3. The van der Waals surface area contributed by atoms with Crippen molar-refractivity contribution in [2.45, 2.75) is 57.2 Å². The standard InChI is InChI=1S/C30H34N6O2.ClH/c1-19-12-13-21-22(7-2-9-24(21)35-26-10-3-11-27(26)37)28(19)38-29-23(8-5-16-32-29)25-14-17-33-30(36-25)34-20-6-4-15-31-18-20;/h2,5,7-9,12-14,16-17,20,26-27,31,35,37H,3-4,6,10-11,15,18H2,1H3,(H,33,34,36);1H/t20?,26-,27-;/m1./s1. The third-order valence-electron chi connectivity index (χ3n) is 7.56. The number of piperidine rings is 1. The molecule has 1 saturated carbocycles. The van der Waals surface area contributed by atoms with E-state index in [-0.39, 0.29) is 24.6 Å². The lowest BCUT2D eigenvalue weighted by molar-refractivity contribution is 0.172. The van der Waals surface area contributed by atoms with Crippen LogP contribution in [0.4, 0.5) is 11.6 Å². The minimum atomic E-state index is -0.316. The van der Waals surface area contributed by atoms with Crippen LogP contribution < -0.4 is 20.7 Å². The van der Waals surface area contributed by atoms with Crippen molar-refractivity contribution in [2.24, 2.45) is 0 Å². The Morgan fingerprint density at radius 3 is 2.67 bits per heavy atom. The monoisotopic (exact) mass is 546 g/mol. The number of hydrogen-bond acceptors (Lipinski definition) is 8. The molecule has 2 fully saturated rings. The predicted molar refractivity (Wildman–Crippen MR) is 158 cm³/mol. The summed E-state index contributed by atoms with van der Waals surface area (Å²) in [5.74, 6) is 1.87. The molecule has 204 valence electrons. The minimum Gasteiger partial charge on any atom is -0.437 e. The van der Waals surface area contributed by atoms with Gasteiger partial charge in [0.2, 0.25) is 11.8 Å². The molecule has 1 aliphatic carbocycles. The summed E-state index contributed by atoms with van der Waals surface area (Å²) >= 11 is 0. The Kier molecular flexibility index (Phi) is 8.45. The van der Waals surface area contributed by atoms with Gasteiger partial charge in [0.15, 0.2) is 0 Å². The number of aromatic nitrogens is 3. The molecule has 0 spiro atoms.